The largest absolute Gasteiger partial charge is 0.396 e. The molecule has 0 amide bonds. The van der Waals surface area contributed by atoms with Gasteiger partial charge in [0.05, 0.1) is 19.3 Å². The Labute approximate surface area is 107 Å². The van der Waals surface area contributed by atoms with Crippen molar-refractivity contribution in [2.75, 3.05) is 31.3 Å². The lowest BCUT2D eigenvalue weighted by Gasteiger charge is -2.37. The molecule has 0 spiro atoms. The number of anilines is 1. The number of ether oxygens (including phenoxy) is 1. The average Bonchev–Trinajstić information content (AvgIpc) is 2.40. The SMILES string of the molecule is CC(=O)c1cccc(N2CCOCC2CCO)c1. The zero-order valence-electron chi connectivity index (χ0n) is 10.6. The van der Waals surface area contributed by atoms with Crippen LogP contribution in [0.2, 0.25) is 0 Å². The molecule has 0 aliphatic carbocycles. The van der Waals surface area contributed by atoms with Crippen molar-refractivity contribution in [1.29, 1.82) is 0 Å². The van der Waals surface area contributed by atoms with E-state index in [9.17, 15) is 4.79 Å². The molecule has 1 aliphatic heterocycles. The lowest BCUT2D eigenvalue weighted by molar-refractivity contribution is 0.0850. The number of hydrogen-bond donors (Lipinski definition) is 1. The van der Waals surface area contributed by atoms with E-state index in [-0.39, 0.29) is 18.4 Å². The summed E-state index contributed by atoms with van der Waals surface area (Å²) in [6.45, 7) is 3.84. The molecule has 1 fully saturated rings. The van der Waals surface area contributed by atoms with Crippen molar-refractivity contribution >= 4 is 11.5 Å². The summed E-state index contributed by atoms with van der Waals surface area (Å²) in [7, 11) is 0. The van der Waals surface area contributed by atoms with Crippen molar-refractivity contribution in [3.05, 3.63) is 29.8 Å². The van der Waals surface area contributed by atoms with E-state index in [1.54, 1.807) is 6.92 Å². The van der Waals surface area contributed by atoms with Crippen molar-refractivity contribution < 1.29 is 14.6 Å². The number of benzene rings is 1. The number of aliphatic hydroxyl groups is 1. The fraction of sp³-hybridized carbons (Fsp3) is 0.500. The Morgan fingerprint density at radius 1 is 1.56 bits per heavy atom. The highest BCUT2D eigenvalue weighted by atomic mass is 16.5. The number of hydrogen-bond acceptors (Lipinski definition) is 4. The summed E-state index contributed by atoms with van der Waals surface area (Å²) in [5.74, 6) is 0.0730. The van der Waals surface area contributed by atoms with Gasteiger partial charge in [0.25, 0.3) is 0 Å². The van der Waals surface area contributed by atoms with Gasteiger partial charge in [0.2, 0.25) is 0 Å². The van der Waals surface area contributed by atoms with E-state index in [0.29, 0.717) is 19.6 Å². The summed E-state index contributed by atoms with van der Waals surface area (Å²) < 4.78 is 5.44. The van der Waals surface area contributed by atoms with Crippen molar-refractivity contribution in [2.45, 2.75) is 19.4 Å². The zero-order chi connectivity index (χ0) is 13.0. The van der Waals surface area contributed by atoms with Crippen LogP contribution in [0.5, 0.6) is 0 Å². The van der Waals surface area contributed by atoms with Gasteiger partial charge in [-0.2, -0.15) is 0 Å². The number of ketones is 1. The van der Waals surface area contributed by atoms with Crippen LogP contribution in [0.4, 0.5) is 5.69 Å². The number of aliphatic hydroxyl groups excluding tert-OH is 1. The number of carbonyl (C=O) groups excluding carboxylic acids is 1. The smallest absolute Gasteiger partial charge is 0.159 e. The number of Topliss-reactive ketones (excluding diaryl/α,β-unsaturated/α-hetero) is 1. The van der Waals surface area contributed by atoms with E-state index in [0.717, 1.165) is 17.8 Å². The summed E-state index contributed by atoms with van der Waals surface area (Å²) in [5.41, 5.74) is 1.76. The third-order valence-electron chi connectivity index (χ3n) is 3.27. The first-order chi connectivity index (χ1) is 8.72. The lowest BCUT2D eigenvalue weighted by Crippen LogP contribution is -2.46. The summed E-state index contributed by atoms with van der Waals surface area (Å²) in [5, 5.41) is 9.09. The van der Waals surface area contributed by atoms with E-state index in [1.807, 2.05) is 24.3 Å². The molecule has 1 unspecified atom stereocenters. The van der Waals surface area contributed by atoms with Crippen LogP contribution in [0.25, 0.3) is 0 Å². The van der Waals surface area contributed by atoms with Gasteiger partial charge in [0.1, 0.15) is 0 Å². The highest BCUT2D eigenvalue weighted by Crippen LogP contribution is 2.22. The van der Waals surface area contributed by atoms with Crippen LogP contribution >= 0.6 is 0 Å². The second kappa shape index (κ2) is 5.98. The summed E-state index contributed by atoms with van der Waals surface area (Å²) >= 11 is 0. The predicted molar refractivity (Wildman–Crippen MR) is 70.1 cm³/mol. The molecule has 4 nitrogen and oxygen atoms in total. The van der Waals surface area contributed by atoms with Gasteiger partial charge in [-0.3, -0.25) is 4.79 Å². The number of morpholine rings is 1. The Bertz CT molecular complexity index is 417. The molecular formula is C14H19NO3. The Balaban J connectivity index is 2.22. The molecule has 0 aromatic heterocycles. The first kappa shape index (κ1) is 13.1. The normalized spacial score (nSPS) is 19.9. The number of carbonyl (C=O) groups is 1. The molecule has 1 aliphatic rings. The zero-order valence-corrected chi connectivity index (χ0v) is 10.6. The van der Waals surface area contributed by atoms with Crippen LogP contribution in [-0.4, -0.2) is 43.3 Å². The predicted octanol–water partition coefficient (Wildman–Crippen LogP) is 1.48. The van der Waals surface area contributed by atoms with E-state index >= 15 is 0 Å². The quantitative estimate of drug-likeness (QED) is 0.821. The molecular weight excluding hydrogens is 230 g/mol. The second-order valence-electron chi connectivity index (χ2n) is 4.54. The molecule has 1 N–H and O–H groups in total. The third-order valence-corrected chi connectivity index (χ3v) is 3.27. The molecule has 0 saturated carbocycles. The average molecular weight is 249 g/mol. The molecule has 1 atom stereocenters. The maximum atomic E-state index is 11.4. The first-order valence-electron chi connectivity index (χ1n) is 6.28. The molecule has 18 heavy (non-hydrogen) atoms. The minimum Gasteiger partial charge on any atom is -0.396 e. The first-order valence-corrected chi connectivity index (χ1v) is 6.28. The minimum atomic E-state index is 0.0730. The molecule has 0 radical (unpaired) electrons. The standard InChI is InChI=1S/C14H19NO3/c1-11(17)12-3-2-4-13(9-12)15-6-8-18-10-14(15)5-7-16/h2-4,9,14,16H,5-8,10H2,1H3. The van der Waals surface area contributed by atoms with Crippen molar-refractivity contribution in [2.24, 2.45) is 0 Å². The lowest BCUT2D eigenvalue weighted by atomic mass is 10.1. The third kappa shape index (κ3) is 2.89. The van der Waals surface area contributed by atoms with Crippen molar-refractivity contribution in [3.8, 4) is 0 Å². The Morgan fingerprint density at radius 2 is 2.39 bits per heavy atom. The molecule has 98 valence electrons. The Hall–Kier alpha value is -1.39. The summed E-state index contributed by atoms with van der Waals surface area (Å²) in [4.78, 5) is 13.6. The van der Waals surface area contributed by atoms with Crippen LogP contribution in [0.1, 0.15) is 23.7 Å². The summed E-state index contributed by atoms with van der Waals surface area (Å²) in [6.07, 6.45) is 0.685. The van der Waals surface area contributed by atoms with Gasteiger partial charge in [0.15, 0.2) is 5.78 Å². The van der Waals surface area contributed by atoms with Gasteiger partial charge >= 0.3 is 0 Å². The molecule has 4 heteroatoms. The molecule has 0 bridgehead atoms. The van der Waals surface area contributed by atoms with Gasteiger partial charge in [-0.15, -0.1) is 0 Å². The van der Waals surface area contributed by atoms with Crippen LogP contribution in [-0.2, 0) is 4.74 Å². The Morgan fingerprint density at radius 3 is 3.11 bits per heavy atom. The van der Waals surface area contributed by atoms with Crippen molar-refractivity contribution in [1.82, 2.24) is 0 Å². The fourth-order valence-electron chi connectivity index (χ4n) is 2.29. The number of rotatable bonds is 4. The van der Waals surface area contributed by atoms with Crippen LogP contribution in [0.15, 0.2) is 24.3 Å². The van der Waals surface area contributed by atoms with E-state index in [1.165, 1.54) is 0 Å². The van der Waals surface area contributed by atoms with Crippen LogP contribution < -0.4 is 4.90 Å². The van der Waals surface area contributed by atoms with Gasteiger partial charge in [-0.05, 0) is 25.5 Å². The van der Waals surface area contributed by atoms with Crippen LogP contribution in [0.3, 0.4) is 0 Å². The highest BCUT2D eigenvalue weighted by molar-refractivity contribution is 5.95. The highest BCUT2D eigenvalue weighted by Gasteiger charge is 2.23. The van der Waals surface area contributed by atoms with Gasteiger partial charge in [-0.25, -0.2) is 0 Å². The van der Waals surface area contributed by atoms with E-state index < -0.39 is 0 Å². The fourth-order valence-corrected chi connectivity index (χ4v) is 2.29. The molecule has 1 aromatic rings. The Kier molecular flexibility index (Phi) is 4.33. The second-order valence-corrected chi connectivity index (χ2v) is 4.54. The maximum absolute atomic E-state index is 11.4. The van der Waals surface area contributed by atoms with E-state index in [2.05, 4.69) is 4.90 Å². The molecule has 1 heterocycles. The maximum Gasteiger partial charge on any atom is 0.159 e. The minimum absolute atomic E-state index is 0.0730. The molecule has 1 aromatic carbocycles. The molecule has 2 rings (SSSR count). The van der Waals surface area contributed by atoms with Gasteiger partial charge in [-0.1, -0.05) is 12.1 Å². The molecule has 1 saturated heterocycles. The monoisotopic (exact) mass is 249 g/mol. The summed E-state index contributed by atoms with van der Waals surface area (Å²) in [6, 6.07) is 7.83. The van der Waals surface area contributed by atoms with Crippen molar-refractivity contribution in [3.63, 3.8) is 0 Å². The topological polar surface area (TPSA) is 49.8 Å². The van der Waals surface area contributed by atoms with Gasteiger partial charge in [0, 0.05) is 24.4 Å². The number of nitrogens with zero attached hydrogens (tertiary/aromatic N) is 1. The van der Waals surface area contributed by atoms with Gasteiger partial charge < -0.3 is 14.7 Å². The van der Waals surface area contributed by atoms with E-state index in [4.69, 9.17) is 9.84 Å². The van der Waals surface area contributed by atoms with Crippen LogP contribution in [0, 0.1) is 0 Å².